The molecule has 0 N–H and O–H groups in total. The molecule has 4 nitrogen and oxygen atoms in total. The van der Waals surface area contributed by atoms with Gasteiger partial charge in [0.15, 0.2) is 5.82 Å². The van der Waals surface area contributed by atoms with Gasteiger partial charge < -0.3 is 4.74 Å². The van der Waals surface area contributed by atoms with Gasteiger partial charge in [-0.05, 0) is 61.1 Å². The number of benzene rings is 2. The third kappa shape index (κ3) is 8.57. The monoisotopic (exact) mass is 476 g/mol. The van der Waals surface area contributed by atoms with Crippen molar-refractivity contribution in [3.63, 3.8) is 0 Å². The number of aryl methyl sites for hydroxylation is 2. The Kier molecular flexibility index (Phi) is 10.9. The molecule has 2 aromatic carbocycles. The highest BCUT2D eigenvalue weighted by Gasteiger charge is 2.13. The van der Waals surface area contributed by atoms with E-state index in [9.17, 15) is 9.18 Å². The summed E-state index contributed by atoms with van der Waals surface area (Å²) in [7, 11) is 0. The van der Waals surface area contributed by atoms with E-state index >= 15 is 0 Å². The molecule has 0 unspecified atom stereocenters. The second-order valence-corrected chi connectivity index (χ2v) is 9.12. The number of rotatable bonds is 14. The Morgan fingerprint density at radius 3 is 2.00 bits per heavy atom. The zero-order valence-corrected chi connectivity index (χ0v) is 21.1. The molecule has 3 aromatic rings. The second kappa shape index (κ2) is 14.3. The van der Waals surface area contributed by atoms with E-state index in [4.69, 9.17) is 4.74 Å². The molecule has 35 heavy (non-hydrogen) atoms. The maximum atomic E-state index is 14.8. The van der Waals surface area contributed by atoms with Gasteiger partial charge in [-0.1, -0.05) is 70.9 Å². The topological polar surface area (TPSA) is 52.1 Å². The van der Waals surface area contributed by atoms with Crippen LogP contribution >= 0.6 is 0 Å². The van der Waals surface area contributed by atoms with Crippen molar-refractivity contribution in [2.75, 3.05) is 0 Å². The molecular weight excluding hydrogens is 439 g/mol. The molecule has 0 aliphatic heterocycles. The minimum absolute atomic E-state index is 0.156. The molecule has 186 valence electrons. The van der Waals surface area contributed by atoms with Gasteiger partial charge in [-0.3, -0.25) is 0 Å². The highest BCUT2D eigenvalue weighted by molar-refractivity contribution is 5.91. The summed E-state index contributed by atoms with van der Waals surface area (Å²) < 4.78 is 20.2. The van der Waals surface area contributed by atoms with Crippen LogP contribution in [0.4, 0.5) is 4.39 Å². The van der Waals surface area contributed by atoms with Crippen LogP contribution in [-0.2, 0) is 12.8 Å². The highest BCUT2D eigenvalue weighted by Crippen LogP contribution is 2.24. The normalized spacial score (nSPS) is 10.9. The van der Waals surface area contributed by atoms with Gasteiger partial charge in [0.2, 0.25) is 0 Å². The average Bonchev–Trinajstić information content (AvgIpc) is 2.87. The lowest BCUT2D eigenvalue weighted by Crippen LogP contribution is -2.09. The predicted octanol–water partition coefficient (Wildman–Crippen LogP) is 8.14. The third-order valence-corrected chi connectivity index (χ3v) is 6.17. The fourth-order valence-corrected chi connectivity index (χ4v) is 4.03. The molecule has 0 radical (unpaired) electrons. The SMILES string of the molecule is CCCCCCCc1cnc(-c2ccc(OC(=O)c3ccc(CCCCCC)cc3)cc2F)nc1. The van der Waals surface area contributed by atoms with Gasteiger partial charge in [0.05, 0.1) is 11.1 Å². The standard InChI is InChI=1S/C30H37FN2O2/c1-3-5-7-9-11-13-24-21-32-29(33-22-24)27-19-18-26(20-28(27)31)35-30(34)25-16-14-23(15-17-25)12-10-8-6-4-2/h14-22H,3-13H2,1-2H3. The molecule has 0 aliphatic carbocycles. The van der Waals surface area contributed by atoms with Crippen molar-refractivity contribution in [3.8, 4) is 17.1 Å². The third-order valence-electron chi connectivity index (χ3n) is 6.17. The van der Waals surface area contributed by atoms with E-state index in [1.807, 2.05) is 12.1 Å². The maximum absolute atomic E-state index is 14.8. The molecular formula is C30H37FN2O2. The Labute approximate surface area is 209 Å². The zero-order valence-electron chi connectivity index (χ0n) is 21.1. The largest absolute Gasteiger partial charge is 0.423 e. The average molecular weight is 477 g/mol. The minimum Gasteiger partial charge on any atom is -0.423 e. The molecule has 0 fully saturated rings. The Balaban J connectivity index is 1.54. The lowest BCUT2D eigenvalue weighted by Gasteiger charge is -2.08. The number of nitrogens with zero attached hydrogens (tertiary/aromatic N) is 2. The number of halogens is 1. The number of carbonyl (C=O) groups excluding carboxylic acids is 1. The summed E-state index contributed by atoms with van der Waals surface area (Å²) in [4.78, 5) is 21.2. The van der Waals surface area contributed by atoms with Crippen LogP contribution < -0.4 is 4.74 Å². The summed E-state index contributed by atoms with van der Waals surface area (Å²) in [6, 6.07) is 11.8. The first-order chi connectivity index (χ1) is 17.1. The van der Waals surface area contributed by atoms with E-state index in [0.29, 0.717) is 11.4 Å². The van der Waals surface area contributed by atoms with Crippen LogP contribution in [0.25, 0.3) is 11.4 Å². The number of hydrogen-bond donors (Lipinski definition) is 0. The van der Waals surface area contributed by atoms with E-state index in [0.717, 1.165) is 31.2 Å². The molecule has 1 heterocycles. The summed E-state index contributed by atoms with van der Waals surface area (Å²) in [5.41, 5.74) is 2.99. The number of ether oxygens (including phenoxy) is 1. The molecule has 0 saturated heterocycles. The first kappa shape index (κ1) is 26.5. The van der Waals surface area contributed by atoms with Crippen molar-refractivity contribution in [2.45, 2.75) is 84.5 Å². The molecule has 0 bridgehead atoms. The lowest BCUT2D eigenvalue weighted by molar-refractivity contribution is 0.0734. The van der Waals surface area contributed by atoms with Crippen molar-refractivity contribution < 1.29 is 13.9 Å². The van der Waals surface area contributed by atoms with Crippen LogP contribution in [-0.4, -0.2) is 15.9 Å². The maximum Gasteiger partial charge on any atom is 0.343 e. The molecule has 0 atom stereocenters. The number of carbonyl (C=O) groups is 1. The van der Waals surface area contributed by atoms with E-state index < -0.39 is 11.8 Å². The fraction of sp³-hybridized carbons (Fsp3) is 0.433. The van der Waals surface area contributed by atoms with Gasteiger partial charge in [-0.2, -0.15) is 0 Å². The first-order valence-corrected chi connectivity index (χ1v) is 13.0. The van der Waals surface area contributed by atoms with Gasteiger partial charge in [0.25, 0.3) is 0 Å². The van der Waals surface area contributed by atoms with Crippen molar-refractivity contribution in [1.29, 1.82) is 0 Å². The molecule has 0 spiro atoms. The Bertz CT molecular complexity index is 1050. The molecule has 0 amide bonds. The van der Waals surface area contributed by atoms with E-state index in [1.165, 1.54) is 56.6 Å². The van der Waals surface area contributed by atoms with Crippen LogP contribution in [0.3, 0.4) is 0 Å². The van der Waals surface area contributed by atoms with Crippen molar-refractivity contribution in [1.82, 2.24) is 9.97 Å². The van der Waals surface area contributed by atoms with E-state index in [-0.39, 0.29) is 11.3 Å². The quantitative estimate of drug-likeness (QED) is 0.134. The molecule has 3 rings (SSSR count). The summed E-state index contributed by atoms with van der Waals surface area (Å²) in [5, 5.41) is 0. The van der Waals surface area contributed by atoms with E-state index in [2.05, 4.69) is 23.8 Å². The molecule has 5 heteroatoms. The molecule has 0 aliphatic rings. The van der Waals surface area contributed by atoms with Crippen LogP contribution in [0.5, 0.6) is 5.75 Å². The van der Waals surface area contributed by atoms with Gasteiger partial charge in [-0.25, -0.2) is 19.2 Å². The molecule has 0 saturated carbocycles. The van der Waals surface area contributed by atoms with Crippen molar-refractivity contribution in [2.24, 2.45) is 0 Å². The van der Waals surface area contributed by atoms with E-state index in [1.54, 1.807) is 36.7 Å². The van der Waals surface area contributed by atoms with Crippen molar-refractivity contribution in [3.05, 3.63) is 77.4 Å². The second-order valence-electron chi connectivity index (χ2n) is 9.12. The summed E-state index contributed by atoms with van der Waals surface area (Å²) in [6.45, 7) is 4.40. The fourth-order valence-electron chi connectivity index (χ4n) is 4.03. The van der Waals surface area contributed by atoms with Crippen LogP contribution in [0.1, 0.15) is 93.1 Å². The predicted molar refractivity (Wildman–Crippen MR) is 139 cm³/mol. The van der Waals surface area contributed by atoms with Gasteiger partial charge >= 0.3 is 5.97 Å². The smallest absolute Gasteiger partial charge is 0.343 e. The molecule has 1 aromatic heterocycles. The number of unbranched alkanes of at least 4 members (excludes halogenated alkanes) is 7. The highest BCUT2D eigenvalue weighted by atomic mass is 19.1. The summed E-state index contributed by atoms with van der Waals surface area (Å²) >= 11 is 0. The van der Waals surface area contributed by atoms with Crippen LogP contribution in [0, 0.1) is 5.82 Å². The summed E-state index contributed by atoms with van der Waals surface area (Å²) in [6.07, 6.45) is 16.4. The Morgan fingerprint density at radius 2 is 1.37 bits per heavy atom. The van der Waals surface area contributed by atoms with Crippen LogP contribution in [0.15, 0.2) is 54.9 Å². The van der Waals surface area contributed by atoms with Crippen molar-refractivity contribution >= 4 is 5.97 Å². The van der Waals surface area contributed by atoms with Gasteiger partial charge in [0, 0.05) is 18.5 Å². The number of hydrogen-bond acceptors (Lipinski definition) is 4. The summed E-state index contributed by atoms with van der Waals surface area (Å²) in [5.74, 6) is -0.549. The number of aromatic nitrogens is 2. The lowest BCUT2D eigenvalue weighted by atomic mass is 10.0. The van der Waals surface area contributed by atoms with Gasteiger partial charge in [-0.15, -0.1) is 0 Å². The van der Waals surface area contributed by atoms with Crippen LogP contribution in [0.2, 0.25) is 0 Å². The first-order valence-electron chi connectivity index (χ1n) is 13.0. The number of esters is 1. The minimum atomic E-state index is -0.523. The van der Waals surface area contributed by atoms with Gasteiger partial charge in [0.1, 0.15) is 11.6 Å². The zero-order chi connectivity index (χ0) is 24.9. The Morgan fingerprint density at radius 1 is 0.771 bits per heavy atom. The Hall–Kier alpha value is -3.08.